The number of anilines is 1. The van der Waals surface area contributed by atoms with Gasteiger partial charge in [0.05, 0.1) is 11.6 Å². The molecule has 1 N–H and O–H groups in total. The van der Waals surface area contributed by atoms with Crippen LogP contribution >= 0.6 is 27.3 Å². The summed E-state index contributed by atoms with van der Waals surface area (Å²) in [6.45, 7) is 0. The Bertz CT molecular complexity index is 655. The van der Waals surface area contributed by atoms with Gasteiger partial charge in [-0.2, -0.15) is 0 Å². The van der Waals surface area contributed by atoms with Crippen molar-refractivity contribution in [2.24, 2.45) is 0 Å². The second kappa shape index (κ2) is 5.66. The number of thiophene rings is 1. The van der Waals surface area contributed by atoms with Crippen molar-refractivity contribution in [2.45, 2.75) is 25.2 Å². The summed E-state index contributed by atoms with van der Waals surface area (Å²) < 4.78 is 14.4. The number of hydrogen-bond donors (Lipinski definition) is 1. The van der Waals surface area contributed by atoms with E-state index in [0.717, 1.165) is 24.8 Å². The number of halogens is 2. The Labute approximate surface area is 129 Å². The Morgan fingerprint density at radius 2 is 2.25 bits per heavy atom. The summed E-state index contributed by atoms with van der Waals surface area (Å²) in [5, 5.41) is 4.73. The number of aryl methyl sites for hydroxylation is 1. The van der Waals surface area contributed by atoms with Crippen LogP contribution in [-0.2, 0) is 11.2 Å². The minimum absolute atomic E-state index is 0.120. The first-order valence-corrected chi connectivity index (χ1v) is 8.14. The van der Waals surface area contributed by atoms with Crippen molar-refractivity contribution in [3.05, 3.63) is 50.4 Å². The van der Waals surface area contributed by atoms with E-state index in [0.29, 0.717) is 4.47 Å². The van der Waals surface area contributed by atoms with Gasteiger partial charge in [0, 0.05) is 9.35 Å². The lowest BCUT2D eigenvalue weighted by atomic mass is 9.87. The highest BCUT2D eigenvalue weighted by Gasteiger charge is 2.27. The Hall–Kier alpha value is -1.20. The molecule has 0 bridgehead atoms. The van der Waals surface area contributed by atoms with Gasteiger partial charge in [0.1, 0.15) is 5.82 Å². The Balaban J connectivity index is 1.81. The lowest BCUT2D eigenvalue weighted by molar-refractivity contribution is -0.117. The number of nitrogens with one attached hydrogen (secondary N) is 1. The quantitative estimate of drug-likeness (QED) is 0.832. The maximum absolute atomic E-state index is 13.8. The molecule has 2 aromatic rings. The fourth-order valence-corrected chi connectivity index (χ4v) is 3.89. The van der Waals surface area contributed by atoms with Crippen LogP contribution < -0.4 is 5.32 Å². The summed E-state index contributed by atoms with van der Waals surface area (Å²) in [5.41, 5.74) is 1.34. The van der Waals surface area contributed by atoms with Crippen LogP contribution in [0.4, 0.5) is 10.1 Å². The van der Waals surface area contributed by atoms with E-state index in [-0.39, 0.29) is 17.5 Å². The second-order valence-corrected chi connectivity index (χ2v) is 6.77. The average molecular weight is 354 g/mol. The number of fused-ring (bicyclic) bond motifs is 1. The van der Waals surface area contributed by atoms with Crippen molar-refractivity contribution in [1.29, 1.82) is 0 Å². The third-order valence-electron chi connectivity index (χ3n) is 3.56. The predicted octanol–water partition coefficient (Wildman–Crippen LogP) is 4.71. The SMILES string of the molecule is O=C(Nc1ccc(Br)cc1F)C1CCCc2sccc21. The van der Waals surface area contributed by atoms with Crippen LogP contribution in [0.3, 0.4) is 0 Å². The molecule has 0 fully saturated rings. The van der Waals surface area contributed by atoms with E-state index in [1.54, 1.807) is 23.5 Å². The van der Waals surface area contributed by atoms with E-state index in [9.17, 15) is 9.18 Å². The number of benzene rings is 1. The van der Waals surface area contributed by atoms with Crippen molar-refractivity contribution in [3.8, 4) is 0 Å². The molecule has 20 heavy (non-hydrogen) atoms. The van der Waals surface area contributed by atoms with E-state index in [1.165, 1.54) is 10.9 Å². The molecule has 104 valence electrons. The van der Waals surface area contributed by atoms with Gasteiger partial charge in [-0.15, -0.1) is 11.3 Å². The van der Waals surface area contributed by atoms with Gasteiger partial charge < -0.3 is 5.32 Å². The molecule has 3 rings (SSSR count). The number of amides is 1. The molecule has 0 saturated heterocycles. The van der Waals surface area contributed by atoms with E-state index in [4.69, 9.17) is 0 Å². The Morgan fingerprint density at radius 3 is 3.05 bits per heavy atom. The maximum Gasteiger partial charge on any atom is 0.232 e. The fourth-order valence-electron chi connectivity index (χ4n) is 2.57. The molecule has 0 aliphatic heterocycles. The monoisotopic (exact) mass is 353 g/mol. The molecule has 1 aliphatic carbocycles. The first kappa shape index (κ1) is 13.8. The molecule has 0 spiro atoms. The summed E-state index contributed by atoms with van der Waals surface area (Å²) in [5.74, 6) is -0.701. The van der Waals surface area contributed by atoms with Gasteiger partial charge in [0.15, 0.2) is 0 Å². The summed E-state index contributed by atoms with van der Waals surface area (Å²) in [4.78, 5) is 13.7. The lowest BCUT2D eigenvalue weighted by Crippen LogP contribution is -2.24. The molecule has 1 unspecified atom stereocenters. The summed E-state index contributed by atoms with van der Waals surface area (Å²) in [6.07, 6.45) is 2.88. The number of rotatable bonds is 2. The maximum atomic E-state index is 13.8. The van der Waals surface area contributed by atoms with Gasteiger partial charge in [0.25, 0.3) is 0 Å². The molecular formula is C15H13BrFNOS. The van der Waals surface area contributed by atoms with Crippen LogP contribution in [0.1, 0.15) is 29.2 Å². The van der Waals surface area contributed by atoms with Crippen LogP contribution in [0, 0.1) is 5.82 Å². The predicted molar refractivity (Wildman–Crippen MR) is 82.7 cm³/mol. The highest BCUT2D eigenvalue weighted by molar-refractivity contribution is 9.10. The largest absolute Gasteiger partial charge is 0.323 e. The molecule has 1 aromatic heterocycles. The van der Waals surface area contributed by atoms with Gasteiger partial charge in [-0.25, -0.2) is 4.39 Å². The minimum atomic E-state index is -0.422. The zero-order valence-electron chi connectivity index (χ0n) is 10.7. The van der Waals surface area contributed by atoms with Gasteiger partial charge in [-0.1, -0.05) is 15.9 Å². The normalized spacial score (nSPS) is 17.6. The summed E-state index contributed by atoms with van der Waals surface area (Å²) in [7, 11) is 0. The van der Waals surface area contributed by atoms with Gasteiger partial charge in [-0.05, 0) is 54.5 Å². The van der Waals surface area contributed by atoms with E-state index in [2.05, 4.69) is 21.2 Å². The first-order valence-electron chi connectivity index (χ1n) is 6.47. The van der Waals surface area contributed by atoms with E-state index < -0.39 is 5.82 Å². The van der Waals surface area contributed by atoms with Crippen molar-refractivity contribution in [1.82, 2.24) is 0 Å². The van der Waals surface area contributed by atoms with Crippen molar-refractivity contribution in [2.75, 3.05) is 5.32 Å². The van der Waals surface area contributed by atoms with Crippen molar-refractivity contribution in [3.63, 3.8) is 0 Å². The zero-order valence-corrected chi connectivity index (χ0v) is 13.1. The van der Waals surface area contributed by atoms with Crippen LogP contribution in [0.25, 0.3) is 0 Å². The summed E-state index contributed by atoms with van der Waals surface area (Å²) in [6, 6.07) is 6.66. The highest BCUT2D eigenvalue weighted by Crippen LogP contribution is 2.35. The highest BCUT2D eigenvalue weighted by atomic mass is 79.9. The van der Waals surface area contributed by atoms with Crippen LogP contribution in [0.2, 0.25) is 0 Å². The molecule has 1 aliphatic rings. The van der Waals surface area contributed by atoms with Crippen LogP contribution in [0.5, 0.6) is 0 Å². The van der Waals surface area contributed by atoms with E-state index in [1.807, 2.05) is 11.4 Å². The van der Waals surface area contributed by atoms with Crippen LogP contribution in [-0.4, -0.2) is 5.91 Å². The topological polar surface area (TPSA) is 29.1 Å². The molecule has 1 amide bonds. The zero-order chi connectivity index (χ0) is 14.1. The first-order chi connectivity index (χ1) is 9.65. The average Bonchev–Trinajstić information content (AvgIpc) is 2.90. The molecule has 1 aromatic carbocycles. The van der Waals surface area contributed by atoms with Gasteiger partial charge >= 0.3 is 0 Å². The minimum Gasteiger partial charge on any atom is -0.323 e. The third kappa shape index (κ3) is 2.65. The third-order valence-corrected chi connectivity index (χ3v) is 5.05. The molecule has 1 heterocycles. The number of carbonyl (C=O) groups is 1. The van der Waals surface area contributed by atoms with E-state index >= 15 is 0 Å². The van der Waals surface area contributed by atoms with Crippen molar-refractivity contribution < 1.29 is 9.18 Å². The van der Waals surface area contributed by atoms with Crippen LogP contribution in [0.15, 0.2) is 34.1 Å². The fraction of sp³-hybridized carbons (Fsp3) is 0.267. The second-order valence-electron chi connectivity index (χ2n) is 4.86. The lowest BCUT2D eigenvalue weighted by Gasteiger charge is -2.22. The smallest absolute Gasteiger partial charge is 0.232 e. The Morgan fingerprint density at radius 1 is 1.40 bits per heavy atom. The van der Waals surface area contributed by atoms with Gasteiger partial charge in [-0.3, -0.25) is 4.79 Å². The molecule has 0 saturated carbocycles. The molecule has 1 atom stereocenters. The molecular weight excluding hydrogens is 341 g/mol. The van der Waals surface area contributed by atoms with Gasteiger partial charge in [0.2, 0.25) is 5.91 Å². The number of carbonyl (C=O) groups excluding carboxylic acids is 1. The molecule has 2 nitrogen and oxygen atoms in total. The standard InChI is InChI=1S/C15H13BrFNOS/c16-9-4-5-13(12(17)8-9)18-15(19)11-2-1-3-14-10(11)6-7-20-14/h4-8,11H,1-3H2,(H,18,19). The molecule has 0 radical (unpaired) electrons. The Kier molecular flexibility index (Phi) is 3.89. The summed E-state index contributed by atoms with van der Waals surface area (Å²) >= 11 is 4.90. The van der Waals surface area contributed by atoms with Crippen molar-refractivity contribution >= 4 is 38.9 Å². The molecule has 5 heteroatoms. The number of hydrogen-bond acceptors (Lipinski definition) is 2.